The molecule has 174 valence electrons. The number of ether oxygens (including phenoxy) is 3. The minimum Gasteiger partial charge on any atom is -0.494 e. The van der Waals surface area contributed by atoms with E-state index in [1.807, 2.05) is 0 Å². The van der Waals surface area contributed by atoms with Gasteiger partial charge in [0.05, 0.1) is 36.5 Å². The van der Waals surface area contributed by atoms with Crippen molar-refractivity contribution in [2.75, 3.05) is 19.5 Å². The molecule has 0 spiro atoms. The monoisotopic (exact) mass is 466 g/mol. The second kappa shape index (κ2) is 8.81. The maximum absolute atomic E-state index is 13.1. The van der Waals surface area contributed by atoms with Crippen molar-refractivity contribution in [2.24, 2.45) is 0 Å². The average Bonchev–Trinajstić information content (AvgIpc) is 3.22. The van der Waals surface area contributed by atoms with Gasteiger partial charge in [-0.2, -0.15) is 13.2 Å². The Morgan fingerprint density at radius 3 is 2.24 bits per heavy atom. The number of nitro benzene ring substituents is 1. The molecule has 1 heterocycles. The molecule has 1 aliphatic rings. The quantitative estimate of drug-likeness (QED) is 0.374. The molecule has 33 heavy (non-hydrogen) atoms. The summed E-state index contributed by atoms with van der Waals surface area (Å²) in [7, 11) is 2.29. The molecule has 2 aromatic rings. The van der Waals surface area contributed by atoms with Gasteiger partial charge in [0.1, 0.15) is 5.75 Å². The first-order valence-corrected chi connectivity index (χ1v) is 9.28. The van der Waals surface area contributed by atoms with Gasteiger partial charge >= 0.3 is 18.1 Å². The highest BCUT2D eigenvalue weighted by Crippen LogP contribution is 2.40. The Hall–Kier alpha value is -4.09. The molecule has 0 fully saturated rings. The lowest BCUT2D eigenvalue weighted by molar-refractivity contribution is -0.384. The first kappa shape index (κ1) is 23.6. The van der Waals surface area contributed by atoms with Crippen molar-refractivity contribution in [3.63, 3.8) is 0 Å². The number of carbonyl (C=O) groups is 2. The molecule has 12 heteroatoms. The van der Waals surface area contributed by atoms with Gasteiger partial charge in [0.15, 0.2) is 6.10 Å². The summed E-state index contributed by atoms with van der Waals surface area (Å²) < 4.78 is 54.6. The van der Waals surface area contributed by atoms with E-state index in [4.69, 9.17) is 14.2 Å². The third kappa shape index (κ3) is 4.45. The van der Waals surface area contributed by atoms with Crippen LogP contribution in [0.4, 0.5) is 24.5 Å². The van der Waals surface area contributed by atoms with E-state index in [2.05, 4.69) is 5.32 Å². The minimum absolute atomic E-state index is 0.0212. The molecule has 3 rings (SSSR count). The van der Waals surface area contributed by atoms with Crippen LogP contribution in [0.15, 0.2) is 54.6 Å². The number of methoxy groups -OCH3 is 2. The summed E-state index contributed by atoms with van der Waals surface area (Å²) in [6.45, 7) is 0. The predicted octanol–water partition coefficient (Wildman–Crippen LogP) is 3.58. The van der Waals surface area contributed by atoms with E-state index in [9.17, 15) is 32.9 Å². The molecule has 0 unspecified atom stereocenters. The van der Waals surface area contributed by atoms with Gasteiger partial charge < -0.3 is 19.5 Å². The highest BCUT2D eigenvalue weighted by atomic mass is 19.4. The van der Waals surface area contributed by atoms with Gasteiger partial charge in [0.25, 0.3) is 5.69 Å². The van der Waals surface area contributed by atoms with Crippen molar-refractivity contribution in [3.05, 3.63) is 75.9 Å². The van der Waals surface area contributed by atoms with Crippen LogP contribution in [-0.4, -0.2) is 37.2 Å². The molecule has 0 saturated heterocycles. The molecule has 0 amide bonds. The Balaban J connectivity index is 2.20. The van der Waals surface area contributed by atoms with E-state index in [0.717, 1.165) is 49.6 Å². The zero-order valence-corrected chi connectivity index (χ0v) is 17.2. The number of nitrogens with zero attached hydrogens (tertiary/aromatic N) is 1. The number of alkyl halides is 3. The number of nitrogens with one attached hydrogen (secondary N) is 1. The van der Waals surface area contributed by atoms with Crippen LogP contribution in [0.25, 0.3) is 0 Å². The highest BCUT2D eigenvalue weighted by Gasteiger charge is 2.52. The van der Waals surface area contributed by atoms with E-state index >= 15 is 0 Å². The second-order valence-corrected chi connectivity index (χ2v) is 6.86. The van der Waals surface area contributed by atoms with Crippen LogP contribution in [0.5, 0.6) is 5.75 Å². The fraction of sp³-hybridized carbons (Fsp3) is 0.238. The zero-order valence-electron chi connectivity index (χ0n) is 17.2. The number of halogens is 3. The van der Waals surface area contributed by atoms with Crippen LogP contribution >= 0.6 is 0 Å². The Kier molecular flexibility index (Phi) is 6.29. The largest absolute Gasteiger partial charge is 0.494 e. The first-order valence-electron chi connectivity index (χ1n) is 9.28. The van der Waals surface area contributed by atoms with Gasteiger partial charge in [0.2, 0.25) is 5.54 Å². The van der Waals surface area contributed by atoms with Gasteiger partial charge in [-0.3, -0.25) is 10.1 Å². The summed E-state index contributed by atoms with van der Waals surface area (Å²) in [5.41, 5.74) is -3.28. The topological polar surface area (TPSA) is 117 Å². The maximum Gasteiger partial charge on any atom is 0.416 e. The molecule has 1 N–H and O–H groups in total. The van der Waals surface area contributed by atoms with Gasteiger partial charge in [-0.25, -0.2) is 9.59 Å². The highest BCUT2D eigenvalue weighted by molar-refractivity contribution is 5.92. The lowest BCUT2D eigenvalue weighted by Crippen LogP contribution is -2.53. The smallest absolute Gasteiger partial charge is 0.416 e. The number of hydrogen-bond donors (Lipinski definition) is 1. The molecule has 0 saturated carbocycles. The Morgan fingerprint density at radius 1 is 1.12 bits per heavy atom. The van der Waals surface area contributed by atoms with Crippen molar-refractivity contribution in [1.29, 1.82) is 0 Å². The molecular formula is C21H17F3N2O7. The van der Waals surface area contributed by atoms with Gasteiger partial charge in [0, 0.05) is 12.1 Å². The number of benzene rings is 2. The van der Waals surface area contributed by atoms with Crippen molar-refractivity contribution in [2.45, 2.75) is 17.8 Å². The fourth-order valence-corrected chi connectivity index (χ4v) is 3.39. The standard InChI is InChI=1S/C21H17F3N2O7/c1-31-16-11-14(26(29)30)7-8-15(16)25-20(19(28)32-2,17-9-10-18(27)33-17)12-3-5-13(6-4-12)21(22,23)24/h3-11,17,25H,1-2H3/t17-,20+/m1/s1. The SMILES string of the molecule is COC(=O)[C@](Nc1ccc([N+](=O)[O-])cc1OC)(c1ccc(C(F)(F)F)cc1)[C@H]1C=CC(=O)O1. The van der Waals surface area contributed by atoms with Gasteiger partial charge in [-0.1, -0.05) is 12.1 Å². The number of hydrogen-bond acceptors (Lipinski definition) is 8. The average molecular weight is 466 g/mol. The van der Waals surface area contributed by atoms with Crippen LogP contribution < -0.4 is 10.1 Å². The van der Waals surface area contributed by atoms with E-state index in [1.165, 1.54) is 19.3 Å². The molecule has 2 aromatic carbocycles. The lowest BCUT2D eigenvalue weighted by Gasteiger charge is -2.37. The number of esters is 2. The number of non-ortho nitro benzene ring substituents is 1. The van der Waals surface area contributed by atoms with Gasteiger partial charge in [-0.05, 0) is 29.8 Å². The van der Waals surface area contributed by atoms with Crippen LogP contribution in [0.2, 0.25) is 0 Å². The summed E-state index contributed by atoms with van der Waals surface area (Å²) in [5.74, 6) is -1.82. The molecule has 0 radical (unpaired) electrons. The maximum atomic E-state index is 13.1. The van der Waals surface area contributed by atoms with Crippen molar-refractivity contribution < 1.29 is 41.9 Å². The minimum atomic E-state index is -4.62. The molecule has 0 aliphatic carbocycles. The van der Waals surface area contributed by atoms with E-state index in [-0.39, 0.29) is 22.7 Å². The van der Waals surface area contributed by atoms with E-state index < -0.39 is 40.2 Å². The summed E-state index contributed by atoms with van der Waals surface area (Å²) in [4.78, 5) is 35.3. The number of rotatable bonds is 7. The first-order chi connectivity index (χ1) is 15.5. The van der Waals surface area contributed by atoms with Crippen LogP contribution in [0.1, 0.15) is 11.1 Å². The summed E-state index contributed by atoms with van der Waals surface area (Å²) in [6.07, 6.45) is -3.64. The Bertz CT molecular complexity index is 1120. The normalized spacial score (nSPS) is 17.1. The molecule has 0 aromatic heterocycles. The molecule has 0 bridgehead atoms. The van der Waals surface area contributed by atoms with E-state index in [1.54, 1.807) is 0 Å². The summed E-state index contributed by atoms with van der Waals surface area (Å²) in [5, 5.41) is 13.9. The lowest BCUT2D eigenvalue weighted by atomic mass is 9.83. The fourth-order valence-electron chi connectivity index (χ4n) is 3.39. The van der Waals surface area contributed by atoms with Gasteiger partial charge in [-0.15, -0.1) is 0 Å². The predicted molar refractivity (Wildman–Crippen MR) is 107 cm³/mol. The van der Waals surface area contributed by atoms with Crippen LogP contribution in [0, 0.1) is 10.1 Å². The Morgan fingerprint density at radius 2 is 1.76 bits per heavy atom. The van der Waals surface area contributed by atoms with Crippen molar-refractivity contribution in [1.82, 2.24) is 0 Å². The van der Waals surface area contributed by atoms with Crippen LogP contribution in [0.3, 0.4) is 0 Å². The van der Waals surface area contributed by atoms with Crippen LogP contribution in [-0.2, 0) is 30.8 Å². The van der Waals surface area contributed by atoms with Crippen molar-refractivity contribution in [3.8, 4) is 5.75 Å². The molecular weight excluding hydrogens is 449 g/mol. The number of nitro groups is 1. The third-order valence-electron chi connectivity index (χ3n) is 4.98. The molecule has 1 aliphatic heterocycles. The number of cyclic esters (lactones) is 1. The number of carbonyl (C=O) groups excluding carboxylic acids is 2. The summed E-state index contributed by atoms with van der Waals surface area (Å²) >= 11 is 0. The number of anilines is 1. The van der Waals surface area contributed by atoms with E-state index in [0.29, 0.717) is 0 Å². The molecule has 2 atom stereocenters. The molecule has 9 nitrogen and oxygen atoms in total. The zero-order chi connectivity index (χ0) is 24.4. The second-order valence-electron chi connectivity index (χ2n) is 6.86. The Labute approximate surface area is 184 Å². The summed E-state index contributed by atoms with van der Waals surface area (Å²) in [6, 6.07) is 7.10. The van der Waals surface area contributed by atoms with Crippen molar-refractivity contribution >= 4 is 23.3 Å². The third-order valence-corrected chi connectivity index (χ3v) is 4.98.